The molecule has 3 rings (SSSR count). The van der Waals surface area contributed by atoms with Crippen LogP contribution >= 0.6 is 0 Å². The standard InChI is InChI=1S/C14H13F2N3O3/c1-14(15,16)12-17-11(18-22-12)10-4-2-9(3-5-10)8-19-6-7-21-13(19)20/h2-5H,6-8H2,1H3. The van der Waals surface area contributed by atoms with Gasteiger partial charge in [-0.1, -0.05) is 29.4 Å². The van der Waals surface area contributed by atoms with Gasteiger partial charge in [-0.2, -0.15) is 13.8 Å². The van der Waals surface area contributed by atoms with Crippen molar-refractivity contribution in [2.24, 2.45) is 0 Å². The summed E-state index contributed by atoms with van der Waals surface area (Å²) in [6, 6.07) is 6.94. The van der Waals surface area contributed by atoms with Crippen LogP contribution in [0.5, 0.6) is 0 Å². The van der Waals surface area contributed by atoms with Crippen molar-refractivity contribution in [3.8, 4) is 11.4 Å². The third-order valence-corrected chi connectivity index (χ3v) is 3.23. The molecule has 1 aliphatic rings. The van der Waals surface area contributed by atoms with Gasteiger partial charge in [-0.05, 0) is 5.56 Å². The Morgan fingerprint density at radius 3 is 2.59 bits per heavy atom. The van der Waals surface area contributed by atoms with Crippen molar-refractivity contribution in [2.45, 2.75) is 19.4 Å². The summed E-state index contributed by atoms with van der Waals surface area (Å²) in [6.07, 6.45) is -0.336. The van der Waals surface area contributed by atoms with Crippen molar-refractivity contribution < 1.29 is 22.8 Å². The van der Waals surface area contributed by atoms with Gasteiger partial charge < -0.3 is 14.2 Å². The zero-order valence-corrected chi connectivity index (χ0v) is 11.8. The average molecular weight is 309 g/mol. The lowest BCUT2D eigenvalue weighted by molar-refractivity contribution is -0.0158. The normalized spacial score (nSPS) is 15.2. The number of nitrogens with zero attached hydrogens (tertiary/aromatic N) is 3. The lowest BCUT2D eigenvalue weighted by atomic mass is 10.1. The van der Waals surface area contributed by atoms with Crippen molar-refractivity contribution >= 4 is 6.09 Å². The molecule has 1 aliphatic heterocycles. The molecule has 0 aliphatic carbocycles. The number of rotatable bonds is 4. The molecule has 0 saturated carbocycles. The third kappa shape index (κ3) is 2.90. The van der Waals surface area contributed by atoms with E-state index in [1.54, 1.807) is 29.2 Å². The molecule has 0 radical (unpaired) electrons. The number of benzene rings is 1. The maximum atomic E-state index is 13.1. The minimum Gasteiger partial charge on any atom is -0.448 e. The van der Waals surface area contributed by atoms with Crippen LogP contribution in [0.3, 0.4) is 0 Å². The zero-order valence-electron chi connectivity index (χ0n) is 11.8. The SMILES string of the molecule is CC(F)(F)c1nc(-c2ccc(CN3CCOC3=O)cc2)no1. The molecule has 2 heterocycles. The summed E-state index contributed by atoms with van der Waals surface area (Å²) in [5.74, 6) is -3.78. The van der Waals surface area contributed by atoms with Crippen LogP contribution in [0.1, 0.15) is 18.4 Å². The van der Waals surface area contributed by atoms with E-state index in [9.17, 15) is 13.6 Å². The summed E-state index contributed by atoms with van der Waals surface area (Å²) in [6.45, 7) is 2.08. The van der Waals surface area contributed by atoms with Crippen LogP contribution in [-0.4, -0.2) is 34.3 Å². The van der Waals surface area contributed by atoms with Crippen molar-refractivity contribution in [3.05, 3.63) is 35.7 Å². The first-order valence-electron chi connectivity index (χ1n) is 6.66. The summed E-state index contributed by atoms with van der Waals surface area (Å²) >= 11 is 0. The molecular formula is C14H13F2N3O3. The molecule has 0 N–H and O–H groups in total. The number of cyclic esters (lactones) is 1. The lowest BCUT2D eigenvalue weighted by Crippen LogP contribution is -2.23. The number of amides is 1. The Hall–Kier alpha value is -2.51. The lowest BCUT2D eigenvalue weighted by Gasteiger charge is -2.12. The third-order valence-electron chi connectivity index (χ3n) is 3.23. The highest BCUT2D eigenvalue weighted by molar-refractivity contribution is 5.69. The first kappa shape index (κ1) is 14.4. The molecule has 0 spiro atoms. The molecule has 1 aromatic carbocycles. The van der Waals surface area contributed by atoms with Crippen molar-refractivity contribution in [1.29, 1.82) is 0 Å². The fourth-order valence-electron chi connectivity index (χ4n) is 2.07. The van der Waals surface area contributed by atoms with Gasteiger partial charge in [-0.15, -0.1) is 0 Å². The maximum Gasteiger partial charge on any atom is 0.410 e. The summed E-state index contributed by atoms with van der Waals surface area (Å²) in [7, 11) is 0. The van der Waals surface area contributed by atoms with Gasteiger partial charge in [-0.25, -0.2) is 4.79 Å². The predicted molar refractivity (Wildman–Crippen MR) is 71.1 cm³/mol. The van der Waals surface area contributed by atoms with Gasteiger partial charge in [0.1, 0.15) is 6.61 Å². The molecule has 0 unspecified atom stereocenters. The van der Waals surface area contributed by atoms with Crippen LogP contribution in [0.25, 0.3) is 11.4 Å². The number of ether oxygens (including phenoxy) is 1. The largest absolute Gasteiger partial charge is 0.448 e. The van der Waals surface area contributed by atoms with E-state index in [0.717, 1.165) is 5.56 Å². The molecule has 0 bridgehead atoms. The summed E-state index contributed by atoms with van der Waals surface area (Å²) in [4.78, 5) is 16.6. The molecule has 1 aromatic heterocycles. The van der Waals surface area contributed by atoms with E-state index < -0.39 is 11.8 Å². The van der Waals surface area contributed by atoms with Gasteiger partial charge in [0.15, 0.2) is 0 Å². The van der Waals surface area contributed by atoms with E-state index in [-0.39, 0.29) is 11.9 Å². The molecule has 22 heavy (non-hydrogen) atoms. The number of aromatic nitrogens is 2. The molecule has 6 nitrogen and oxygen atoms in total. The maximum absolute atomic E-state index is 13.1. The van der Waals surface area contributed by atoms with Crippen molar-refractivity contribution in [3.63, 3.8) is 0 Å². The number of hydrogen-bond acceptors (Lipinski definition) is 5. The van der Waals surface area contributed by atoms with E-state index in [4.69, 9.17) is 4.74 Å². The highest BCUT2D eigenvalue weighted by Gasteiger charge is 2.32. The van der Waals surface area contributed by atoms with Crippen LogP contribution in [0.2, 0.25) is 0 Å². The topological polar surface area (TPSA) is 68.5 Å². The molecule has 1 fully saturated rings. The molecule has 2 aromatic rings. The average Bonchev–Trinajstić information content (AvgIpc) is 3.09. The van der Waals surface area contributed by atoms with Crippen LogP contribution in [0.4, 0.5) is 13.6 Å². The molecule has 0 atom stereocenters. The van der Waals surface area contributed by atoms with Gasteiger partial charge in [0.2, 0.25) is 5.82 Å². The first-order valence-corrected chi connectivity index (χ1v) is 6.66. The van der Waals surface area contributed by atoms with Crippen LogP contribution in [-0.2, 0) is 17.2 Å². The minimum absolute atomic E-state index is 0.101. The monoisotopic (exact) mass is 309 g/mol. The van der Waals surface area contributed by atoms with Crippen LogP contribution in [0, 0.1) is 0 Å². The fraction of sp³-hybridized carbons (Fsp3) is 0.357. The van der Waals surface area contributed by atoms with Crippen molar-refractivity contribution in [2.75, 3.05) is 13.2 Å². The Labute approximate surface area is 124 Å². The van der Waals surface area contributed by atoms with Gasteiger partial charge in [0.25, 0.3) is 5.89 Å². The van der Waals surface area contributed by atoms with Crippen molar-refractivity contribution in [1.82, 2.24) is 15.0 Å². The Morgan fingerprint density at radius 1 is 1.32 bits per heavy atom. The van der Waals surface area contributed by atoms with Crippen LogP contribution in [0.15, 0.2) is 28.8 Å². The van der Waals surface area contributed by atoms with Gasteiger partial charge in [-0.3, -0.25) is 0 Å². The first-order chi connectivity index (χ1) is 10.4. The predicted octanol–water partition coefficient (Wildman–Crippen LogP) is 2.80. The van der Waals surface area contributed by atoms with E-state index in [1.807, 2.05) is 0 Å². The van der Waals surface area contributed by atoms with Gasteiger partial charge >= 0.3 is 12.0 Å². The second-order valence-corrected chi connectivity index (χ2v) is 5.04. The van der Waals surface area contributed by atoms with E-state index in [1.165, 1.54) is 0 Å². The van der Waals surface area contributed by atoms with Crippen LogP contribution < -0.4 is 0 Å². The summed E-state index contributed by atoms with van der Waals surface area (Å²) < 4.78 is 35.5. The summed E-state index contributed by atoms with van der Waals surface area (Å²) in [5.41, 5.74) is 1.46. The zero-order chi connectivity index (χ0) is 15.7. The molecule has 116 valence electrons. The number of alkyl halides is 2. The number of carbonyl (C=O) groups excluding carboxylic acids is 1. The van der Waals surface area contributed by atoms with Gasteiger partial charge in [0.05, 0.1) is 6.54 Å². The quantitative estimate of drug-likeness (QED) is 0.868. The smallest absolute Gasteiger partial charge is 0.410 e. The number of carbonyl (C=O) groups is 1. The molecule has 8 heteroatoms. The minimum atomic E-state index is -3.17. The Bertz CT molecular complexity index is 679. The molecule has 1 saturated heterocycles. The Balaban J connectivity index is 1.74. The Kier molecular flexibility index (Phi) is 3.51. The molecular weight excluding hydrogens is 296 g/mol. The second kappa shape index (κ2) is 5.36. The van der Waals surface area contributed by atoms with E-state index in [2.05, 4.69) is 14.7 Å². The second-order valence-electron chi connectivity index (χ2n) is 5.04. The highest BCUT2D eigenvalue weighted by atomic mass is 19.3. The Morgan fingerprint density at radius 2 is 2.05 bits per heavy atom. The number of hydrogen-bond donors (Lipinski definition) is 0. The fourth-order valence-corrected chi connectivity index (χ4v) is 2.07. The van der Waals surface area contributed by atoms with E-state index >= 15 is 0 Å². The number of halogens is 2. The van der Waals surface area contributed by atoms with Gasteiger partial charge in [0, 0.05) is 19.0 Å². The summed E-state index contributed by atoms with van der Waals surface area (Å²) in [5, 5.41) is 3.55. The van der Waals surface area contributed by atoms with E-state index in [0.29, 0.717) is 32.2 Å². The highest BCUT2D eigenvalue weighted by Crippen LogP contribution is 2.27. The molecule has 1 amide bonds.